The van der Waals surface area contributed by atoms with Crippen LogP contribution in [-0.4, -0.2) is 29.2 Å². The molecule has 0 aliphatic rings. The maximum Gasteiger partial charge on any atom is 0.129 e. The molecule has 4 nitrogen and oxygen atoms in total. The first-order valence-electron chi connectivity index (χ1n) is 5.40. The zero-order chi connectivity index (χ0) is 10.9. The third-order valence-electron chi connectivity index (χ3n) is 1.91. The van der Waals surface area contributed by atoms with Gasteiger partial charge in [-0.3, -0.25) is 0 Å². The monoisotopic (exact) mass is 209 g/mol. The van der Waals surface area contributed by atoms with Crippen molar-refractivity contribution in [1.29, 1.82) is 0 Å². The number of unbranched alkanes of at least 4 members (excludes halogenated alkanes) is 1. The second-order valence-corrected chi connectivity index (χ2v) is 3.65. The van der Waals surface area contributed by atoms with Crippen LogP contribution in [0.4, 0.5) is 5.82 Å². The van der Waals surface area contributed by atoms with Gasteiger partial charge in [0.05, 0.1) is 6.10 Å². The highest BCUT2D eigenvalue weighted by atomic mass is 16.5. The third-order valence-corrected chi connectivity index (χ3v) is 1.91. The number of ether oxygens (including phenoxy) is 1. The molecule has 4 heteroatoms. The molecule has 0 unspecified atom stereocenters. The highest BCUT2D eigenvalue weighted by Crippen LogP contribution is 1.99. The molecule has 1 heterocycles. The normalized spacial score (nSPS) is 10.6. The molecule has 0 spiro atoms. The van der Waals surface area contributed by atoms with Crippen LogP contribution in [0.1, 0.15) is 26.7 Å². The molecule has 0 bridgehead atoms. The van der Waals surface area contributed by atoms with Gasteiger partial charge in [-0.2, -0.15) is 0 Å². The van der Waals surface area contributed by atoms with Gasteiger partial charge in [-0.05, 0) is 32.8 Å². The Kier molecular flexibility index (Phi) is 5.70. The van der Waals surface area contributed by atoms with Crippen molar-refractivity contribution in [3.63, 3.8) is 0 Å². The molecule has 15 heavy (non-hydrogen) atoms. The van der Waals surface area contributed by atoms with E-state index < -0.39 is 0 Å². The Balaban J connectivity index is 1.98. The minimum Gasteiger partial charge on any atom is -0.379 e. The van der Waals surface area contributed by atoms with Gasteiger partial charge in [0.2, 0.25) is 0 Å². The first-order valence-corrected chi connectivity index (χ1v) is 5.40. The first kappa shape index (κ1) is 11.9. The lowest BCUT2D eigenvalue weighted by atomic mass is 10.3. The summed E-state index contributed by atoms with van der Waals surface area (Å²) in [5.41, 5.74) is 0. The number of nitrogens with one attached hydrogen (secondary N) is 1. The number of anilines is 1. The van der Waals surface area contributed by atoms with E-state index in [1.165, 1.54) is 0 Å². The summed E-state index contributed by atoms with van der Waals surface area (Å²) in [6, 6.07) is 1.87. The summed E-state index contributed by atoms with van der Waals surface area (Å²) in [6.07, 6.45) is 5.79. The highest BCUT2D eigenvalue weighted by Gasteiger charge is 1.94. The molecule has 0 aliphatic carbocycles. The minimum absolute atomic E-state index is 0.333. The molecule has 0 saturated carbocycles. The van der Waals surface area contributed by atoms with Gasteiger partial charge in [-0.1, -0.05) is 0 Å². The van der Waals surface area contributed by atoms with Gasteiger partial charge >= 0.3 is 0 Å². The van der Waals surface area contributed by atoms with E-state index in [1.54, 1.807) is 12.5 Å². The lowest BCUT2D eigenvalue weighted by Crippen LogP contribution is -2.07. The van der Waals surface area contributed by atoms with Gasteiger partial charge in [0, 0.05) is 19.3 Å². The Morgan fingerprint density at radius 1 is 1.40 bits per heavy atom. The Bertz CT molecular complexity index is 251. The van der Waals surface area contributed by atoms with E-state index in [0.717, 1.165) is 31.8 Å². The van der Waals surface area contributed by atoms with E-state index in [1.807, 2.05) is 6.07 Å². The van der Waals surface area contributed by atoms with Gasteiger partial charge in [0.1, 0.15) is 12.1 Å². The fourth-order valence-electron chi connectivity index (χ4n) is 1.16. The van der Waals surface area contributed by atoms with Crippen LogP contribution in [0.2, 0.25) is 0 Å². The van der Waals surface area contributed by atoms with Gasteiger partial charge in [-0.25, -0.2) is 9.97 Å². The molecule has 1 aromatic heterocycles. The van der Waals surface area contributed by atoms with Gasteiger partial charge in [-0.15, -0.1) is 0 Å². The van der Waals surface area contributed by atoms with Crippen LogP contribution in [0, 0.1) is 0 Å². The highest BCUT2D eigenvalue weighted by molar-refractivity contribution is 5.30. The summed E-state index contributed by atoms with van der Waals surface area (Å²) in [4.78, 5) is 7.92. The number of hydrogen-bond acceptors (Lipinski definition) is 4. The molecule has 0 fully saturated rings. The molecule has 0 aromatic carbocycles. The van der Waals surface area contributed by atoms with E-state index in [9.17, 15) is 0 Å². The summed E-state index contributed by atoms with van der Waals surface area (Å²) in [7, 11) is 0. The van der Waals surface area contributed by atoms with Gasteiger partial charge in [0.15, 0.2) is 0 Å². The molecule has 1 N–H and O–H groups in total. The number of aromatic nitrogens is 2. The van der Waals surface area contributed by atoms with Gasteiger partial charge < -0.3 is 10.1 Å². The minimum atomic E-state index is 0.333. The van der Waals surface area contributed by atoms with Crippen LogP contribution in [0.3, 0.4) is 0 Å². The maximum absolute atomic E-state index is 5.44. The predicted molar refractivity (Wildman–Crippen MR) is 60.8 cm³/mol. The van der Waals surface area contributed by atoms with Crippen molar-refractivity contribution in [3.05, 3.63) is 18.6 Å². The van der Waals surface area contributed by atoms with E-state index >= 15 is 0 Å². The van der Waals surface area contributed by atoms with Crippen molar-refractivity contribution in [1.82, 2.24) is 9.97 Å². The summed E-state index contributed by atoms with van der Waals surface area (Å²) < 4.78 is 5.44. The molecule has 0 saturated heterocycles. The van der Waals surface area contributed by atoms with Gasteiger partial charge in [0.25, 0.3) is 0 Å². The van der Waals surface area contributed by atoms with E-state index in [-0.39, 0.29) is 0 Å². The van der Waals surface area contributed by atoms with Crippen LogP contribution in [0.15, 0.2) is 18.6 Å². The van der Waals surface area contributed by atoms with Crippen molar-refractivity contribution in [3.8, 4) is 0 Å². The molecular weight excluding hydrogens is 190 g/mol. The second-order valence-electron chi connectivity index (χ2n) is 3.65. The average molecular weight is 209 g/mol. The maximum atomic E-state index is 5.44. The molecule has 0 radical (unpaired) electrons. The first-order chi connectivity index (χ1) is 7.29. The van der Waals surface area contributed by atoms with E-state index in [2.05, 4.69) is 29.1 Å². The lowest BCUT2D eigenvalue weighted by molar-refractivity contribution is 0.0765. The van der Waals surface area contributed by atoms with Crippen LogP contribution in [0.25, 0.3) is 0 Å². The Morgan fingerprint density at radius 3 is 2.93 bits per heavy atom. The largest absolute Gasteiger partial charge is 0.379 e. The molecule has 1 aromatic rings. The smallest absolute Gasteiger partial charge is 0.129 e. The summed E-state index contributed by atoms with van der Waals surface area (Å²) >= 11 is 0. The second kappa shape index (κ2) is 7.17. The van der Waals surface area contributed by atoms with Crippen molar-refractivity contribution < 1.29 is 4.74 Å². The Morgan fingerprint density at radius 2 is 2.27 bits per heavy atom. The fraction of sp³-hybridized carbons (Fsp3) is 0.636. The fourth-order valence-corrected chi connectivity index (χ4v) is 1.16. The molecule has 0 amide bonds. The number of nitrogens with zero attached hydrogens (tertiary/aromatic N) is 2. The molecular formula is C11H19N3O. The third kappa shape index (κ3) is 6.01. The van der Waals surface area contributed by atoms with Crippen molar-refractivity contribution in [2.45, 2.75) is 32.8 Å². The number of rotatable bonds is 7. The number of hydrogen-bond donors (Lipinski definition) is 1. The summed E-state index contributed by atoms with van der Waals surface area (Å²) in [5, 5.41) is 3.23. The predicted octanol–water partition coefficient (Wildman–Crippen LogP) is 2.09. The van der Waals surface area contributed by atoms with Crippen molar-refractivity contribution >= 4 is 5.82 Å². The molecule has 0 aliphatic heterocycles. The van der Waals surface area contributed by atoms with Crippen LogP contribution in [0.5, 0.6) is 0 Å². The lowest BCUT2D eigenvalue weighted by Gasteiger charge is -2.07. The summed E-state index contributed by atoms with van der Waals surface area (Å²) in [5.74, 6) is 0.884. The van der Waals surface area contributed by atoms with Crippen LogP contribution >= 0.6 is 0 Å². The van der Waals surface area contributed by atoms with Crippen molar-refractivity contribution in [2.75, 3.05) is 18.5 Å². The van der Waals surface area contributed by atoms with Crippen LogP contribution < -0.4 is 5.32 Å². The standard InChI is InChI=1S/C11H19N3O/c1-10(2)15-8-4-3-6-13-11-5-7-12-9-14-11/h5,7,9-10H,3-4,6,8H2,1-2H3,(H,12,13,14). The molecule has 84 valence electrons. The zero-order valence-corrected chi connectivity index (χ0v) is 9.44. The zero-order valence-electron chi connectivity index (χ0n) is 9.44. The van der Waals surface area contributed by atoms with E-state index in [4.69, 9.17) is 4.74 Å². The Hall–Kier alpha value is -1.16. The quantitative estimate of drug-likeness (QED) is 0.698. The summed E-state index contributed by atoms with van der Waals surface area (Å²) in [6.45, 7) is 5.87. The SMILES string of the molecule is CC(C)OCCCCNc1ccncn1. The molecule has 1 rings (SSSR count). The van der Waals surface area contributed by atoms with E-state index in [0.29, 0.717) is 6.10 Å². The van der Waals surface area contributed by atoms with Crippen LogP contribution in [-0.2, 0) is 4.74 Å². The topological polar surface area (TPSA) is 47.0 Å². The Labute approximate surface area is 91.1 Å². The average Bonchev–Trinajstić information content (AvgIpc) is 2.24. The van der Waals surface area contributed by atoms with Crippen molar-refractivity contribution in [2.24, 2.45) is 0 Å². The molecule has 0 atom stereocenters.